The Kier molecular flexibility index (Phi) is 4.32. The van der Waals surface area contributed by atoms with Crippen molar-refractivity contribution in [3.05, 3.63) is 89.5 Å². The van der Waals surface area contributed by atoms with Gasteiger partial charge in [-0.05, 0) is 52.9 Å². The molecule has 3 aromatic rings. The smallest absolute Gasteiger partial charge is 0.283 e. The Morgan fingerprint density at radius 1 is 0.963 bits per heavy atom. The second kappa shape index (κ2) is 6.80. The summed E-state index contributed by atoms with van der Waals surface area (Å²) in [5.74, 6) is 0.835. The summed E-state index contributed by atoms with van der Waals surface area (Å²) in [5.41, 5.74) is 10.8. The summed E-state index contributed by atoms with van der Waals surface area (Å²) >= 11 is 0. The van der Waals surface area contributed by atoms with Gasteiger partial charge < -0.3 is 15.2 Å². The molecule has 136 valence electrons. The molecule has 4 heteroatoms. The summed E-state index contributed by atoms with van der Waals surface area (Å²) in [4.78, 5) is 4.71. The van der Waals surface area contributed by atoms with Gasteiger partial charge in [-0.25, -0.2) is 4.99 Å². The molecule has 1 aliphatic heterocycles. The molecule has 0 fully saturated rings. The van der Waals surface area contributed by atoms with Gasteiger partial charge in [0.2, 0.25) is 0 Å². The zero-order chi connectivity index (χ0) is 18.9. The van der Waals surface area contributed by atoms with Crippen LogP contribution in [0, 0.1) is 6.92 Å². The van der Waals surface area contributed by atoms with Gasteiger partial charge in [-0.1, -0.05) is 54.6 Å². The fourth-order valence-corrected chi connectivity index (χ4v) is 3.59. The average molecular weight is 358 g/mol. The number of aryl methyl sites for hydroxylation is 1. The number of nitrogens with two attached hydrogens (primary N) is 1. The van der Waals surface area contributed by atoms with Crippen molar-refractivity contribution in [1.82, 2.24) is 0 Å². The Balaban J connectivity index is 1.88. The Bertz CT molecular complexity index is 998. The van der Waals surface area contributed by atoms with E-state index in [1.54, 1.807) is 7.11 Å². The third-order valence-corrected chi connectivity index (χ3v) is 5.08. The fourth-order valence-electron chi connectivity index (χ4n) is 3.59. The van der Waals surface area contributed by atoms with E-state index in [-0.39, 0.29) is 6.02 Å². The van der Waals surface area contributed by atoms with Crippen LogP contribution in [-0.4, -0.2) is 19.7 Å². The molecule has 0 amide bonds. The average Bonchev–Trinajstić information content (AvgIpc) is 3.12. The lowest BCUT2D eigenvalue weighted by atomic mass is 9.82. The summed E-state index contributed by atoms with van der Waals surface area (Å²) in [6.07, 6.45) is 0. The van der Waals surface area contributed by atoms with E-state index in [0.29, 0.717) is 6.61 Å². The van der Waals surface area contributed by atoms with Gasteiger partial charge in [0.05, 0.1) is 7.11 Å². The highest BCUT2D eigenvalue weighted by Crippen LogP contribution is 2.39. The molecule has 1 heterocycles. The number of hydrogen-bond donors (Lipinski definition) is 1. The lowest BCUT2D eigenvalue weighted by Crippen LogP contribution is -2.27. The Hall–Kier alpha value is -3.27. The highest BCUT2D eigenvalue weighted by atomic mass is 16.5. The second-order valence-corrected chi connectivity index (χ2v) is 6.73. The molecule has 4 nitrogen and oxygen atoms in total. The summed E-state index contributed by atoms with van der Waals surface area (Å²) in [5, 5.41) is 0. The lowest BCUT2D eigenvalue weighted by molar-refractivity contribution is 0.278. The molecule has 0 spiro atoms. The van der Waals surface area contributed by atoms with Crippen molar-refractivity contribution >= 4 is 6.02 Å². The SMILES string of the molecule is COc1cccc(-c2cc(C3(c4ccccc4)COC(N)=N3)ccc2C)c1. The van der Waals surface area contributed by atoms with Gasteiger partial charge in [-0.3, -0.25) is 0 Å². The zero-order valence-corrected chi connectivity index (χ0v) is 15.5. The van der Waals surface area contributed by atoms with Crippen LogP contribution in [0.4, 0.5) is 0 Å². The number of hydrogen-bond acceptors (Lipinski definition) is 4. The van der Waals surface area contributed by atoms with E-state index in [1.165, 1.54) is 5.56 Å². The highest BCUT2D eigenvalue weighted by Gasteiger charge is 2.40. The lowest BCUT2D eigenvalue weighted by Gasteiger charge is -2.26. The van der Waals surface area contributed by atoms with Crippen LogP contribution in [0.25, 0.3) is 11.1 Å². The number of nitrogens with zero attached hydrogens (tertiary/aromatic N) is 1. The summed E-state index contributed by atoms with van der Waals surface area (Å²) in [6, 6.07) is 24.9. The molecule has 2 N–H and O–H groups in total. The van der Waals surface area contributed by atoms with E-state index in [0.717, 1.165) is 28.0 Å². The van der Waals surface area contributed by atoms with Crippen LogP contribution in [0.15, 0.2) is 77.8 Å². The van der Waals surface area contributed by atoms with Crippen LogP contribution < -0.4 is 10.5 Å². The standard InChI is InChI=1S/C23H22N2O2/c1-16-11-12-19(14-21(16)17-7-6-10-20(13-17)26-2)23(15-27-22(24)25-23)18-8-4-3-5-9-18/h3-14H,15H2,1-2H3,(H2,24,25). The van der Waals surface area contributed by atoms with Crippen molar-refractivity contribution < 1.29 is 9.47 Å². The highest BCUT2D eigenvalue weighted by molar-refractivity contribution is 5.76. The molecule has 1 aliphatic rings. The number of benzene rings is 3. The van der Waals surface area contributed by atoms with Crippen molar-refractivity contribution in [1.29, 1.82) is 0 Å². The monoisotopic (exact) mass is 358 g/mol. The normalized spacial score (nSPS) is 18.7. The zero-order valence-electron chi connectivity index (χ0n) is 15.5. The Morgan fingerprint density at radius 3 is 2.48 bits per heavy atom. The van der Waals surface area contributed by atoms with Crippen molar-refractivity contribution in [3.8, 4) is 16.9 Å². The molecule has 1 atom stereocenters. The van der Waals surface area contributed by atoms with E-state index in [2.05, 4.69) is 43.3 Å². The summed E-state index contributed by atoms with van der Waals surface area (Å²) < 4.78 is 11.0. The fraction of sp³-hybridized carbons (Fsp3) is 0.174. The first kappa shape index (κ1) is 17.2. The molecule has 0 bridgehead atoms. The molecule has 0 aliphatic carbocycles. The van der Waals surface area contributed by atoms with Gasteiger partial charge in [0, 0.05) is 0 Å². The van der Waals surface area contributed by atoms with E-state index < -0.39 is 5.54 Å². The maximum Gasteiger partial charge on any atom is 0.283 e. The van der Waals surface area contributed by atoms with Crippen LogP contribution in [0.3, 0.4) is 0 Å². The first-order valence-corrected chi connectivity index (χ1v) is 8.91. The number of rotatable bonds is 4. The summed E-state index contributed by atoms with van der Waals surface area (Å²) in [7, 11) is 1.68. The maximum atomic E-state index is 5.91. The first-order chi connectivity index (χ1) is 13.1. The molecule has 0 saturated heterocycles. The van der Waals surface area contributed by atoms with Crippen molar-refractivity contribution in [3.63, 3.8) is 0 Å². The van der Waals surface area contributed by atoms with Gasteiger partial charge in [0.25, 0.3) is 6.02 Å². The Labute approximate surface area is 159 Å². The predicted octanol–water partition coefficient (Wildman–Crippen LogP) is 4.26. The topological polar surface area (TPSA) is 56.8 Å². The van der Waals surface area contributed by atoms with Crippen LogP contribution >= 0.6 is 0 Å². The van der Waals surface area contributed by atoms with Crippen LogP contribution in [-0.2, 0) is 10.3 Å². The molecule has 0 aromatic heterocycles. The quantitative estimate of drug-likeness (QED) is 0.758. The second-order valence-electron chi connectivity index (χ2n) is 6.73. The maximum absolute atomic E-state index is 5.91. The Morgan fingerprint density at radius 2 is 1.78 bits per heavy atom. The third kappa shape index (κ3) is 3.04. The van der Waals surface area contributed by atoms with Crippen molar-refractivity contribution in [2.75, 3.05) is 13.7 Å². The molecule has 1 unspecified atom stereocenters. The van der Waals surface area contributed by atoms with E-state index >= 15 is 0 Å². The van der Waals surface area contributed by atoms with Gasteiger partial charge in [0.15, 0.2) is 5.54 Å². The number of aliphatic imine (C=N–C) groups is 1. The van der Waals surface area contributed by atoms with E-state index in [4.69, 9.17) is 20.2 Å². The molecular formula is C23H22N2O2. The van der Waals surface area contributed by atoms with Crippen LogP contribution in [0.2, 0.25) is 0 Å². The third-order valence-electron chi connectivity index (χ3n) is 5.08. The minimum absolute atomic E-state index is 0.224. The minimum Gasteiger partial charge on any atom is -0.497 e. The molecule has 3 aromatic carbocycles. The molecular weight excluding hydrogens is 336 g/mol. The van der Waals surface area contributed by atoms with Gasteiger partial charge in [0.1, 0.15) is 12.4 Å². The van der Waals surface area contributed by atoms with E-state index in [9.17, 15) is 0 Å². The van der Waals surface area contributed by atoms with Gasteiger partial charge in [-0.2, -0.15) is 0 Å². The van der Waals surface area contributed by atoms with Gasteiger partial charge in [-0.15, -0.1) is 0 Å². The van der Waals surface area contributed by atoms with E-state index in [1.807, 2.05) is 36.4 Å². The van der Waals surface area contributed by atoms with Crippen LogP contribution in [0.1, 0.15) is 16.7 Å². The molecule has 0 radical (unpaired) electrons. The molecule has 4 rings (SSSR count). The van der Waals surface area contributed by atoms with Gasteiger partial charge >= 0.3 is 0 Å². The minimum atomic E-state index is -0.632. The van der Waals surface area contributed by atoms with Crippen molar-refractivity contribution in [2.24, 2.45) is 10.7 Å². The largest absolute Gasteiger partial charge is 0.497 e. The predicted molar refractivity (Wildman–Crippen MR) is 108 cm³/mol. The van der Waals surface area contributed by atoms with Crippen LogP contribution in [0.5, 0.6) is 5.75 Å². The number of methoxy groups -OCH3 is 1. The number of amidine groups is 1. The molecule has 0 saturated carbocycles. The molecule has 27 heavy (non-hydrogen) atoms. The summed E-state index contributed by atoms with van der Waals surface area (Å²) in [6.45, 7) is 2.50. The number of ether oxygens (including phenoxy) is 2. The first-order valence-electron chi connectivity index (χ1n) is 8.91. The van der Waals surface area contributed by atoms with Crippen molar-refractivity contribution in [2.45, 2.75) is 12.5 Å².